The molecule has 0 spiro atoms. The highest BCUT2D eigenvalue weighted by Crippen LogP contribution is 2.31. The average molecular weight is 262 g/mol. The van der Waals surface area contributed by atoms with Crippen molar-refractivity contribution in [3.05, 3.63) is 35.1 Å². The van der Waals surface area contributed by atoms with E-state index in [-0.39, 0.29) is 23.8 Å². The number of hydrogen-bond acceptors (Lipinski definition) is 2. The standard InChI is InChI=1S/C15H19FN2O/c1-9(15(19)18-12-4-5-12)17-14-7-2-10-8-11(16)3-6-13(10)14/h3,6,8-9,12,14,17H,2,4-5,7H2,1H3,(H,18,19). The van der Waals surface area contributed by atoms with E-state index in [4.69, 9.17) is 0 Å². The van der Waals surface area contributed by atoms with Crippen molar-refractivity contribution >= 4 is 5.91 Å². The number of rotatable bonds is 4. The summed E-state index contributed by atoms with van der Waals surface area (Å²) in [5, 5.41) is 6.35. The summed E-state index contributed by atoms with van der Waals surface area (Å²) in [6.45, 7) is 1.89. The number of hydrogen-bond donors (Lipinski definition) is 2. The van der Waals surface area contributed by atoms with Crippen LogP contribution in [0.1, 0.15) is 43.4 Å². The quantitative estimate of drug-likeness (QED) is 0.872. The van der Waals surface area contributed by atoms with Crippen molar-refractivity contribution in [2.45, 2.75) is 50.7 Å². The van der Waals surface area contributed by atoms with E-state index in [0.29, 0.717) is 6.04 Å². The van der Waals surface area contributed by atoms with Crippen molar-refractivity contribution in [2.24, 2.45) is 0 Å². The highest BCUT2D eigenvalue weighted by molar-refractivity contribution is 5.81. The van der Waals surface area contributed by atoms with E-state index in [0.717, 1.165) is 36.8 Å². The van der Waals surface area contributed by atoms with E-state index in [2.05, 4.69) is 10.6 Å². The Hall–Kier alpha value is -1.42. The van der Waals surface area contributed by atoms with Crippen molar-refractivity contribution in [1.29, 1.82) is 0 Å². The molecule has 1 fully saturated rings. The first-order valence-corrected chi connectivity index (χ1v) is 6.98. The Morgan fingerprint density at radius 3 is 2.89 bits per heavy atom. The lowest BCUT2D eigenvalue weighted by Gasteiger charge is -2.20. The SMILES string of the molecule is CC(NC1CCc2cc(F)ccc21)C(=O)NC1CC1. The number of halogens is 1. The predicted octanol–water partition coefficient (Wildman–Crippen LogP) is 2.07. The zero-order valence-corrected chi connectivity index (χ0v) is 11.1. The third-order valence-electron chi connectivity index (χ3n) is 3.95. The Balaban J connectivity index is 1.63. The molecule has 4 heteroatoms. The van der Waals surface area contributed by atoms with Crippen LogP contribution >= 0.6 is 0 Å². The number of carbonyl (C=O) groups excluding carboxylic acids is 1. The van der Waals surface area contributed by atoms with Gasteiger partial charge in [-0.3, -0.25) is 10.1 Å². The summed E-state index contributed by atoms with van der Waals surface area (Å²) in [6, 6.07) is 5.28. The maximum Gasteiger partial charge on any atom is 0.237 e. The molecule has 2 atom stereocenters. The molecule has 0 aromatic heterocycles. The van der Waals surface area contributed by atoms with Crippen LogP contribution in [0.5, 0.6) is 0 Å². The van der Waals surface area contributed by atoms with Crippen LogP contribution in [0.3, 0.4) is 0 Å². The zero-order valence-electron chi connectivity index (χ0n) is 11.1. The molecule has 0 bridgehead atoms. The molecule has 0 saturated heterocycles. The van der Waals surface area contributed by atoms with Crippen LogP contribution in [0.15, 0.2) is 18.2 Å². The van der Waals surface area contributed by atoms with Crippen LogP contribution in [0.4, 0.5) is 4.39 Å². The van der Waals surface area contributed by atoms with E-state index in [9.17, 15) is 9.18 Å². The number of fused-ring (bicyclic) bond motifs is 1. The fraction of sp³-hybridized carbons (Fsp3) is 0.533. The molecule has 0 aliphatic heterocycles. The Labute approximate surface area is 112 Å². The molecule has 0 radical (unpaired) electrons. The molecule has 3 rings (SSSR count). The Morgan fingerprint density at radius 2 is 2.16 bits per heavy atom. The first-order valence-electron chi connectivity index (χ1n) is 6.98. The second-order valence-electron chi connectivity index (χ2n) is 5.61. The summed E-state index contributed by atoms with van der Waals surface area (Å²) in [4.78, 5) is 11.9. The molecule has 2 unspecified atom stereocenters. The minimum atomic E-state index is -0.207. The minimum Gasteiger partial charge on any atom is -0.352 e. The molecule has 1 amide bonds. The lowest BCUT2D eigenvalue weighted by Crippen LogP contribution is -2.44. The van der Waals surface area contributed by atoms with E-state index in [1.54, 1.807) is 6.07 Å². The molecule has 0 heterocycles. The van der Waals surface area contributed by atoms with Gasteiger partial charge in [-0.05, 0) is 55.9 Å². The summed E-state index contributed by atoms with van der Waals surface area (Å²) in [7, 11) is 0. The number of aryl methyl sites for hydroxylation is 1. The molecular weight excluding hydrogens is 243 g/mol. The maximum absolute atomic E-state index is 13.1. The number of amides is 1. The zero-order chi connectivity index (χ0) is 13.4. The third-order valence-corrected chi connectivity index (χ3v) is 3.95. The molecule has 1 aromatic rings. The van der Waals surface area contributed by atoms with Gasteiger partial charge >= 0.3 is 0 Å². The number of carbonyl (C=O) groups is 1. The predicted molar refractivity (Wildman–Crippen MR) is 71.2 cm³/mol. The number of nitrogens with one attached hydrogen (secondary N) is 2. The van der Waals surface area contributed by atoms with Gasteiger partial charge in [-0.25, -0.2) is 4.39 Å². The van der Waals surface area contributed by atoms with Gasteiger partial charge in [-0.1, -0.05) is 6.07 Å². The fourth-order valence-corrected chi connectivity index (χ4v) is 2.69. The molecule has 2 N–H and O–H groups in total. The van der Waals surface area contributed by atoms with Crippen LogP contribution in [0.25, 0.3) is 0 Å². The van der Waals surface area contributed by atoms with Crippen LogP contribution in [-0.4, -0.2) is 18.0 Å². The Bertz CT molecular complexity index is 499. The molecule has 19 heavy (non-hydrogen) atoms. The Kier molecular flexibility index (Phi) is 3.27. The first kappa shape index (κ1) is 12.6. The first-order chi connectivity index (χ1) is 9.13. The van der Waals surface area contributed by atoms with Crippen molar-refractivity contribution in [3.8, 4) is 0 Å². The van der Waals surface area contributed by atoms with Crippen molar-refractivity contribution in [3.63, 3.8) is 0 Å². The van der Waals surface area contributed by atoms with Crippen LogP contribution < -0.4 is 10.6 Å². The molecule has 2 aliphatic rings. The van der Waals surface area contributed by atoms with Gasteiger partial charge in [-0.15, -0.1) is 0 Å². The van der Waals surface area contributed by atoms with Gasteiger partial charge < -0.3 is 5.32 Å². The van der Waals surface area contributed by atoms with Crippen molar-refractivity contribution in [1.82, 2.24) is 10.6 Å². The van der Waals surface area contributed by atoms with E-state index in [1.165, 1.54) is 6.07 Å². The van der Waals surface area contributed by atoms with Crippen LogP contribution in [0.2, 0.25) is 0 Å². The topological polar surface area (TPSA) is 41.1 Å². The molecular formula is C15H19FN2O. The average Bonchev–Trinajstić information content (AvgIpc) is 3.11. The normalized spacial score (nSPS) is 22.9. The smallest absolute Gasteiger partial charge is 0.237 e. The molecule has 1 saturated carbocycles. The minimum absolute atomic E-state index is 0.0676. The van der Waals surface area contributed by atoms with Gasteiger partial charge in [0.2, 0.25) is 5.91 Å². The summed E-state index contributed by atoms with van der Waals surface area (Å²) in [5.41, 5.74) is 2.19. The number of benzene rings is 1. The van der Waals surface area contributed by atoms with Gasteiger partial charge in [0, 0.05) is 12.1 Å². The van der Waals surface area contributed by atoms with Crippen LogP contribution in [0, 0.1) is 5.82 Å². The summed E-state index contributed by atoms with van der Waals surface area (Å²) in [5.74, 6) is -0.114. The second kappa shape index (κ2) is 4.93. The van der Waals surface area contributed by atoms with Gasteiger partial charge in [0.05, 0.1) is 6.04 Å². The molecule has 2 aliphatic carbocycles. The summed E-state index contributed by atoms with van der Waals surface area (Å²) < 4.78 is 13.1. The summed E-state index contributed by atoms with van der Waals surface area (Å²) in [6.07, 6.45) is 4.01. The monoisotopic (exact) mass is 262 g/mol. The Morgan fingerprint density at radius 1 is 1.37 bits per heavy atom. The molecule has 3 nitrogen and oxygen atoms in total. The van der Waals surface area contributed by atoms with Crippen molar-refractivity contribution in [2.75, 3.05) is 0 Å². The van der Waals surface area contributed by atoms with E-state index < -0.39 is 0 Å². The summed E-state index contributed by atoms with van der Waals surface area (Å²) >= 11 is 0. The second-order valence-corrected chi connectivity index (χ2v) is 5.61. The lowest BCUT2D eigenvalue weighted by molar-refractivity contribution is -0.123. The third kappa shape index (κ3) is 2.78. The largest absolute Gasteiger partial charge is 0.352 e. The van der Waals surface area contributed by atoms with Gasteiger partial charge in [-0.2, -0.15) is 0 Å². The van der Waals surface area contributed by atoms with Gasteiger partial charge in [0.1, 0.15) is 5.82 Å². The van der Waals surface area contributed by atoms with E-state index >= 15 is 0 Å². The molecule has 1 aromatic carbocycles. The fourth-order valence-electron chi connectivity index (χ4n) is 2.69. The molecule has 102 valence electrons. The van der Waals surface area contributed by atoms with E-state index in [1.807, 2.05) is 13.0 Å². The van der Waals surface area contributed by atoms with Crippen LogP contribution in [-0.2, 0) is 11.2 Å². The highest BCUT2D eigenvalue weighted by atomic mass is 19.1. The van der Waals surface area contributed by atoms with Crippen molar-refractivity contribution < 1.29 is 9.18 Å². The highest BCUT2D eigenvalue weighted by Gasteiger charge is 2.29. The van der Waals surface area contributed by atoms with Gasteiger partial charge in [0.25, 0.3) is 0 Å². The lowest BCUT2D eigenvalue weighted by atomic mass is 10.1. The maximum atomic E-state index is 13.1. The van der Waals surface area contributed by atoms with Gasteiger partial charge in [0.15, 0.2) is 0 Å².